The van der Waals surface area contributed by atoms with E-state index in [2.05, 4.69) is 4.89 Å². The lowest BCUT2D eigenvalue weighted by Gasteiger charge is -2.30. The van der Waals surface area contributed by atoms with Crippen molar-refractivity contribution in [2.45, 2.75) is 84.7 Å². The maximum absolute atomic E-state index is 8.75. The largest absolute Gasteiger partial charge is 0.252 e. The molecule has 0 aliphatic heterocycles. The molecule has 0 aromatic heterocycles. The zero-order valence-electron chi connectivity index (χ0n) is 15.4. The van der Waals surface area contributed by atoms with Crippen molar-refractivity contribution in [2.24, 2.45) is 0 Å². The Morgan fingerprint density at radius 1 is 0.682 bits per heavy atom. The first-order valence-electron chi connectivity index (χ1n) is 7.39. The molecule has 0 fully saturated rings. The molecular weight excluding hydrogens is 288 g/mol. The van der Waals surface area contributed by atoms with Gasteiger partial charge in [-0.15, -0.1) is 0 Å². The second kappa shape index (κ2) is 7.86. The second-order valence-corrected chi connectivity index (χ2v) is 8.08. The van der Waals surface area contributed by atoms with Gasteiger partial charge in [-0.1, -0.05) is 6.08 Å². The summed E-state index contributed by atoms with van der Waals surface area (Å²) >= 11 is 0. The Kier molecular flexibility index (Phi) is 7.68. The van der Waals surface area contributed by atoms with E-state index in [0.29, 0.717) is 0 Å². The van der Waals surface area contributed by atoms with Crippen molar-refractivity contribution >= 4 is 0 Å². The third kappa shape index (κ3) is 11.1. The van der Waals surface area contributed by atoms with E-state index in [0.717, 1.165) is 0 Å². The number of hydrogen-bond donors (Lipinski definition) is 1. The van der Waals surface area contributed by atoms with Crippen LogP contribution in [-0.2, 0) is 24.4 Å². The molecule has 0 saturated carbocycles. The molecule has 132 valence electrons. The van der Waals surface area contributed by atoms with Crippen molar-refractivity contribution in [1.29, 1.82) is 0 Å². The molecule has 0 bridgehead atoms. The summed E-state index contributed by atoms with van der Waals surface area (Å²) < 4.78 is 0. The van der Waals surface area contributed by atoms with E-state index in [-0.39, 0.29) is 6.61 Å². The molecule has 6 nitrogen and oxygen atoms in total. The van der Waals surface area contributed by atoms with Crippen LogP contribution in [0.15, 0.2) is 12.2 Å². The van der Waals surface area contributed by atoms with E-state index in [1.54, 1.807) is 19.1 Å². The van der Waals surface area contributed by atoms with Gasteiger partial charge in [-0.25, -0.2) is 24.4 Å². The fourth-order valence-corrected chi connectivity index (χ4v) is 1.09. The van der Waals surface area contributed by atoms with Gasteiger partial charge in [0, 0.05) is 0 Å². The lowest BCUT2D eigenvalue weighted by atomic mass is 10.0. The SMILES string of the molecule is CC(C)(C)OOC(C)(C)C=CC(C)(COO)OOC(C)(C)C. The molecule has 0 rings (SSSR count). The van der Waals surface area contributed by atoms with Gasteiger partial charge in [-0.2, -0.15) is 0 Å². The van der Waals surface area contributed by atoms with Crippen LogP contribution < -0.4 is 0 Å². The van der Waals surface area contributed by atoms with Gasteiger partial charge >= 0.3 is 0 Å². The molecule has 0 heterocycles. The van der Waals surface area contributed by atoms with Crippen molar-refractivity contribution in [3.05, 3.63) is 12.2 Å². The van der Waals surface area contributed by atoms with E-state index in [1.165, 1.54) is 0 Å². The van der Waals surface area contributed by atoms with Crippen LogP contribution >= 0.6 is 0 Å². The van der Waals surface area contributed by atoms with Crippen LogP contribution in [0.2, 0.25) is 0 Å². The van der Waals surface area contributed by atoms with Gasteiger partial charge in [0.25, 0.3) is 0 Å². The fraction of sp³-hybridized carbons (Fsp3) is 0.875. The first-order chi connectivity index (χ1) is 9.68. The molecule has 6 heteroatoms. The second-order valence-electron chi connectivity index (χ2n) is 8.08. The predicted octanol–water partition coefficient (Wildman–Crippen LogP) is 4.06. The monoisotopic (exact) mass is 320 g/mol. The quantitative estimate of drug-likeness (QED) is 0.413. The maximum Gasteiger partial charge on any atom is 0.145 e. The molecule has 0 amide bonds. The highest BCUT2D eigenvalue weighted by Gasteiger charge is 2.29. The average Bonchev–Trinajstić information content (AvgIpc) is 2.31. The van der Waals surface area contributed by atoms with Crippen molar-refractivity contribution < 1.29 is 29.7 Å². The molecule has 0 aliphatic carbocycles. The highest BCUT2D eigenvalue weighted by molar-refractivity contribution is 5.06. The summed E-state index contributed by atoms with van der Waals surface area (Å²) in [5.74, 6) is 0. The highest BCUT2D eigenvalue weighted by Crippen LogP contribution is 2.22. The first kappa shape index (κ1) is 21.5. The number of rotatable bonds is 8. The molecule has 0 aromatic rings. The Labute approximate surface area is 134 Å². The lowest BCUT2D eigenvalue weighted by Crippen LogP contribution is -2.37. The predicted molar refractivity (Wildman–Crippen MR) is 84.1 cm³/mol. The van der Waals surface area contributed by atoms with Gasteiger partial charge in [-0.3, -0.25) is 5.26 Å². The third-order valence-corrected chi connectivity index (χ3v) is 2.18. The van der Waals surface area contributed by atoms with Gasteiger partial charge in [0.2, 0.25) is 0 Å². The van der Waals surface area contributed by atoms with Crippen LogP contribution in [-0.4, -0.2) is 34.3 Å². The normalized spacial score (nSPS) is 17.0. The van der Waals surface area contributed by atoms with E-state index < -0.39 is 22.4 Å². The molecule has 1 atom stereocenters. The Hall–Kier alpha value is -0.500. The van der Waals surface area contributed by atoms with Crippen molar-refractivity contribution in [1.82, 2.24) is 0 Å². The van der Waals surface area contributed by atoms with Crippen LogP contribution in [0.5, 0.6) is 0 Å². The summed E-state index contributed by atoms with van der Waals surface area (Å²) in [6.45, 7) is 16.6. The minimum atomic E-state index is -0.968. The Bertz CT molecular complexity index is 351. The van der Waals surface area contributed by atoms with Crippen molar-refractivity contribution in [2.75, 3.05) is 6.61 Å². The molecule has 0 aromatic carbocycles. The highest BCUT2D eigenvalue weighted by atomic mass is 17.2. The lowest BCUT2D eigenvalue weighted by molar-refractivity contribution is -0.409. The Balaban J connectivity index is 4.83. The maximum atomic E-state index is 8.75. The Morgan fingerprint density at radius 3 is 1.55 bits per heavy atom. The summed E-state index contributed by atoms with van der Waals surface area (Å²) in [5.41, 5.74) is -2.54. The minimum Gasteiger partial charge on any atom is -0.252 e. The van der Waals surface area contributed by atoms with Gasteiger partial charge in [-0.05, 0) is 68.4 Å². The molecule has 0 radical (unpaired) electrons. The van der Waals surface area contributed by atoms with Crippen LogP contribution in [0.25, 0.3) is 0 Å². The topological polar surface area (TPSA) is 66.4 Å². The van der Waals surface area contributed by atoms with Gasteiger partial charge < -0.3 is 0 Å². The molecule has 0 spiro atoms. The van der Waals surface area contributed by atoms with E-state index in [4.69, 9.17) is 24.8 Å². The number of hydrogen-bond acceptors (Lipinski definition) is 6. The van der Waals surface area contributed by atoms with E-state index >= 15 is 0 Å². The van der Waals surface area contributed by atoms with Crippen LogP contribution in [0, 0.1) is 0 Å². The average molecular weight is 320 g/mol. The van der Waals surface area contributed by atoms with Gasteiger partial charge in [0.05, 0.1) is 11.2 Å². The molecule has 22 heavy (non-hydrogen) atoms. The third-order valence-electron chi connectivity index (χ3n) is 2.18. The molecule has 1 unspecified atom stereocenters. The summed E-state index contributed by atoms with van der Waals surface area (Å²) in [7, 11) is 0. The molecular formula is C16H32O6. The molecule has 0 aliphatic rings. The summed E-state index contributed by atoms with van der Waals surface area (Å²) in [4.78, 5) is 25.7. The van der Waals surface area contributed by atoms with Gasteiger partial charge in [0.1, 0.15) is 17.8 Å². The van der Waals surface area contributed by atoms with Crippen molar-refractivity contribution in [3.8, 4) is 0 Å². The zero-order chi connectivity index (χ0) is 17.7. The summed E-state index contributed by atoms with van der Waals surface area (Å²) in [5, 5.41) is 8.75. The van der Waals surface area contributed by atoms with Crippen LogP contribution in [0.4, 0.5) is 0 Å². The van der Waals surface area contributed by atoms with Crippen LogP contribution in [0.3, 0.4) is 0 Å². The first-order valence-corrected chi connectivity index (χ1v) is 7.39. The van der Waals surface area contributed by atoms with Crippen molar-refractivity contribution in [3.63, 3.8) is 0 Å². The standard InChI is InChI=1S/C16H32O6/c1-13(2,3)19-21-15(7,8)10-11-16(9,12-18-17)22-20-14(4,5)6/h10-11,17H,12H2,1-9H3. The van der Waals surface area contributed by atoms with E-state index in [9.17, 15) is 0 Å². The summed E-state index contributed by atoms with van der Waals surface area (Å²) in [6, 6.07) is 0. The van der Waals surface area contributed by atoms with Gasteiger partial charge in [0.15, 0.2) is 0 Å². The molecule has 0 saturated heterocycles. The zero-order valence-corrected chi connectivity index (χ0v) is 15.4. The summed E-state index contributed by atoms with van der Waals surface area (Å²) in [6.07, 6.45) is 3.48. The van der Waals surface area contributed by atoms with Crippen LogP contribution in [0.1, 0.15) is 62.3 Å². The minimum absolute atomic E-state index is 0.0875. The van der Waals surface area contributed by atoms with E-state index in [1.807, 2.05) is 55.4 Å². The molecule has 1 N–H and O–H groups in total. The fourth-order valence-electron chi connectivity index (χ4n) is 1.09. The smallest absolute Gasteiger partial charge is 0.145 e. The Morgan fingerprint density at radius 2 is 1.14 bits per heavy atom.